The molecule has 0 aliphatic heterocycles. The summed E-state index contributed by atoms with van der Waals surface area (Å²) in [5.74, 6) is -1.85. The van der Waals surface area contributed by atoms with Crippen LogP contribution < -0.4 is 5.32 Å². The van der Waals surface area contributed by atoms with Gasteiger partial charge in [0.15, 0.2) is 0 Å². The van der Waals surface area contributed by atoms with Crippen molar-refractivity contribution in [2.45, 2.75) is 33.2 Å². The molecule has 0 radical (unpaired) electrons. The van der Waals surface area contributed by atoms with Gasteiger partial charge in [0.1, 0.15) is 5.82 Å². The number of aliphatic carboxylic acids is 1. The first-order valence-electron chi connectivity index (χ1n) is 6.00. The summed E-state index contributed by atoms with van der Waals surface area (Å²) in [6.45, 7) is 6.39. The van der Waals surface area contributed by atoms with Gasteiger partial charge in [0.05, 0.1) is 16.5 Å². The van der Waals surface area contributed by atoms with Gasteiger partial charge in [-0.15, -0.1) is 0 Å². The predicted molar refractivity (Wildman–Crippen MR) is 82.1 cm³/mol. The molecule has 0 atom stereocenters. The summed E-state index contributed by atoms with van der Waals surface area (Å²) in [6, 6.07) is 3.84. The SMILES string of the molecule is CC(C)(NC(=O)c1ccc(F)cc1I)C(C)(C)C(=O)O. The Morgan fingerprint density at radius 1 is 1.25 bits per heavy atom. The number of carbonyl (C=O) groups is 2. The van der Waals surface area contributed by atoms with E-state index in [1.807, 2.05) is 22.6 Å². The van der Waals surface area contributed by atoms with E-state index in [1.54, 1.807) is 27.7 Å². The third-order valence-corrected chi connectivity index (χ3v) is 4.59. The molecular weight excluding hydrogens is 376 g/mol. The first kappa shape index (κ1) is 16.9. The maximum Gasteiger partial charge on any atom is 0.311 e. The van der Waals surface area contributed by atoms with E-state index < -0.39 is 28.6 Å². The van der Waals surface area contributed by atoms with E-state index in [4.69, 9.17) is 0 Å². The molecule has 0 saturated carbocycles. The second-order valence-corrected chi connectivity index (χ2v) is 6.80. The van der Waals surface area contributed by atoms with Crippen LogP contribution in [-0.2, 0) is 4.79 Å². The van der Waals surface area contributed by atoms with Gasteiger partial charge in [-0.2, -0.15) is 0 Å². The van der Waals surface area contributed by atoms with Crippen molar-refractivity contribution >= 4 is 34.5 Å². The van der Waals surface area contributed by atoms with Gasteiger partial charge in [-0.1, -0.05) is 0 Å². The van der Waals surface area contributed by atoms with Crippen molar-refractivity contribution in [3.8, 4) is 0 Å². The van der Waals surface area contributed by atoms with Gasteiger partial charge in [-0.3, -0.25) is 9.59 Å². The fraction of sp³-hybridized carbons (Fsp3) is 0.429. The van der Waals surface area contributed by atoms with E-state index >= 15 is 0 Å². The largest absolute Gasteiger partial charge is 0.481 e. The number of carboxylic acids is 1. The Labute approximate surface area is 130 Å². The molecule has 0 unspecified atom stereocenters. The quantitative estimate of drug-likeness (QED) is 0.773. The average Bonchev–Trinajstić information content (AvgIpc) is 2.27. The maximum absolute atomic E-state index is 13.0. The monoisotopic (exact) mass is 393 g/mol. The maximum atomic E-state index is 13.0. The molecule has 0 aliphatic carbocycles. The van der Waals surface area contributed by atoms with Gasteiger partial charge in [0.2, 0.25) is 0 Å². The highest BCUT2D eigenvalue weighted by atomic mass is 127. The molecule has 4 nitrogen and oxygen atoms in total. The van der Waals surface area contributed by atoms with Gasteiger partial charge in [-0.25, -0.2) is 4.39 Å². The number of rotatable bonds is 4. The van der Waals surface area contributed by atoms with Crippen LogP contribution >= 0.6 is 22.6 Å². The lowest BCUT2D eigenvalue weighted by molar-refractivity contribution is -0.150. The average molecular weight is 393 g/mol. The number of hydrogen-bond donors (Lipinski definition) is 2. The zero-order chi connectivity index (χ0) is 15.7. The Kier molecular flexibility index (Phi) is 4.78. The van der Waals surface area contributed by atoms with E-state index in [0.29, 0.717) is 9.13 Å². The van der Waals surface area contributed by atoms with Crippen LogP contribution in [0.25, 0.3) is 0 Å². The van der Waals surface area contributed by atoms with Gasteiger partial charge in [0, 0.05) is 3.57 Å². The molecule has 0 fully saturated rings. The third-order valence-electron chi connectivity index (χ3n) is 3.70. The molecule has 1 rings (SSSR count). The number of amides is 1. The summed E-state index contributed by atoms with van der Waals surface area (Å²) in [7, 11) is 0. The minimum absolute atomic E-state index is 0.321. The molecule has 0 aromatic heterocycles. The minimum Gasteiger partial charge on any atom is -0.481 e. The molecule has 110 valence electrons. The van der Waals surface area contributed by atoms with Crippen molar-refractivity contribution in [2.75, 3.05) is 0 Å². The Balaban J connectivity index is 3.03. The highest BCUT2D eigenvalue weighted by molar-refractivity contribution is 14.1. The highest BCUT2D eigenvalue weighted by Gasteiger charge is 2.44. The molecule has 0 saturated heterocycles. The number of benzene rings is 1. The van der Waals surface area contributed by atoms with Gasteiger partial charge >= 0.3 is 5.97 Å². The number of halogens is 2. The summed E-state index contributed by atoms with van der Waals surface area (Å²) < 4.78 is 13.5. The van der Waals surface area contributed by atoms with E-state index in [-0.39, 0.29) is 0 Å². The van der Waals surface area contributed by atoms with Crippen molar-refractivity contribution in [3.63, 3.8) is 0 Å². The van der Waals surface area contributed by atoms with E-state index in [0.717, 1.165) is 0 Å². The van der Waals surface area contributed by atoms with Gasteiger partial charge < -0.3 is 10.4 Å². The molecule has 1 aromatic rings. The molecule has 1 amide bonds. The zero-order valence-electron chi connectivity index (χ0n) is 11.8. The molecule has 6 heteroatoms. The molecule has 0 heterocycles. The minimum atomic E-state index is -1.14. The zero-order valence-corrected chi connectivity index (χ0v) is 13.9. The third kappa shape index (κ3) is 3.28. The normalized spacial score (nSPS) is 12.1. The van der Waals surface area contributed by atoms with Crippen LogP contribution in [0.3, 0.4) is 0 Å². The Bertz CT molecular complexity index is 555. The first-order valence-corrected chi connectivity index (χ1v) is 7.08. The smallest absolute Gasteiger partial charge is 0.311 e. The molecular formula is C14H17FINO3. The number of carboxylic acid groups (broad SMARTS) is 1. The van der Waals surface area contributed by atoms with Crippen molar-refractivity contribution < 1.29 is 19.1 Å². The number of hydrogen-bond acceptors (Lipinski definition) is 2. The van der Waals surface area contributed by atoms with Gasteiger partial charge in [0.25, 0.3) is 5.91 Å². The Hall–Kier alpha value is -1.18. The summed E-state index contributed by atoms with van der Waals surface area (Å²) in [4.78, 5) is 23.5. The lowest BCUT2D eigenvalue weighted by atomic mass is 9.74. The van der Waals surface area contributed by atoms with E-state index in [2.05, 4.69) is 5.32 Å². The topological polar surface area (TPSA) is 66.4 Å². The molecule has 0 aliphatic rings. The van der Waals surface area contributed by atoms with Crippen molar-refractivity contribution in [2.24, 2.45) is 5.41 Å². The lowest BCUT2D eigenvalue weighted by Gasteiger charge is -2.38. The van der Waals surface area contributed by atoms with Crippen LogP contribution in [0.4, 0.5) is 4.39 Å². The molecule has 20 heavy (non-hydrogen) atoms. The second-order valence-electron chi connectivity index (χ2n) is 5.63. The Morgan fingerprint density at radius 3 is 2.25 bits per heavy atom. The summed E-state index contributed by atoms with van der Waals surface area (Å²) in [5, 5.41) is 12.0. The fourth-order valence-corrected chi connectivity index (χ4v) is 2.17. The van der Waals surface area contributed by atoms with Crippen LogP contribution in [0.15, 0.2) is 18.2 Å². The highest BCUT2D eigenvalue weighted by Crippen LogP contribution is 2.31. The van der Waals surface area contributed by atoms with E-state index in [9.17, 15) is 19.1 Å². The van der Waals surface area contributed by atoms with Gasteiger partial charge in [-0.05, 0) is 68.5 Å². The lowest BCUT2D eigenvalue weighted by Crippen LogP contribution is -2.57. The van der Waals surface area contributed by atoms with Crippen LogP contribution in [0.1, 0.15) is 38.1 Å². The van der Waals surface area contributed by atoms with Crippen LogP contribution in [0.5, 0.6) is 0 Å². The van der Waals surface area contributed by atoms with E-state index in [1.165, 1.54) is 18.2 Å². The summed E-state index contributed by atoms with van der Waals surface area (Å²) in [6.07, 6.45) is 0. The Morgan fingerprint density at radius 2 is 1.80 bits per heavy atom. The van der Waals surface area contributed by atoms with Crippen LogP contribution in [0, 0.1) is 14.8 Å². The molecule has 0 spiro atoms. The van der Waals surface area contributed by atoms with Crippen molar-refractivity contribution in [1.82, 2.24) is 5.32 Å². The number of nitrogens with one attached hydrogen (secondary N) is 1. The fourth-order valence-electron chi connectivity index (χ4n) is 1.45. The summed E-state index contributed by atoms with van der Waals surface area (Å²) >= 11 is 1.87. The molecule has 2 N–H and O–H groups in total. The van der Waals surface area contributed by atoms with Crippen molar-refractivity contribution in [3.05, 3.63) is 33.1 Å². The standard InChI is InChI=1S/C14H17FINO3/c1-13(2,12(19)20)14(3,4)17-11(18)9-6-5-8(15)7-10(9)16/h5-7H,1-4H3,(H,17,18)(H,19,20). The van der Waals surface area contributed by atoms with Crippen LogP contribution in [0.2, 0.25) is 0 Å². The summed E-state index contributed by atoms with van der Waals surface area (Å²) in [5.41, 5.74) is -1.79. The second kappa shape index (κ2) is 5.67. The number of carbonyl (C=O) groups excluding carboxylic acids is 1. The molecule has 1 aromatic carbocycles. The predicted octanol–water partition coefficient (Wildman–Crippen LogP) is 3.05. The van der Waals surface area contributed by atoms with Crippen LogP contribution in [-0.4, -0.2) is 22.5 Å². The van der Waals surface area contributed by atoms with Crippen molar-refractivity contribution in [1.29, 1.82) is 0 Å². The molecule has 0 bridgehead atoms. The first-order chi connectivity index (χ1) is 8.99.